The first-order chi connectivity index (χ1) is 12.4. The van der Waals surface area contributed by atoms with Crippen LogP contribution < -0.4 is 0 Å². The van der Waals surface area contributed by atoms with Crippen molar-refractivity contribution >= 4 is 165 Å². The van der Waals surface area contributed by atoms with E-state index in [1.807, 2.05) is 0 Å². The van der Waals surface area contributed by atoms with Crippen LogP contribution in [0.2, 0.25) is 0 Å². The van der Waals surface area contributed by atoms with Crippen molar-refractivity contribution in [2.24, 2.45) is 0 Å². The van der Waals surface area contributed by atoms with Crippen molar-refractivity contribution in [1.29, 1.82) is 0 Å². The highest BCUT2D eigenvalue weighted by atomic mass is 80.0. The lowest BCUT2D eigenvalue weighted by atomic mass is 10.5. The zero-order valence-electron chi connectivity index (χ0n) is 13.3. The Kier molecular flexibility index (Phi) is 11.2. The van der Waals surface area contributed by atoms with Crippen LogP contribution in [0.5, 0.6) is 0 Å². The maximum absolute atomic E-state index is 11.6. The molecule has 0 aromatic carbocycles. The van der Waals surface area contributed by atoms with Crippen molar-refractivity contribution in [3.8, 4) is 0 Å². The van der Waals surface area contributed by atoms with Gasteiger partial charge in [0.15, 0.2) is 15.9 Å². The van der Waals surface area contributed by atoms with Crippen molar-refractivity contribution in [3.63, 3.8) is 0 Å². The summed E-state index contributed by atoms with van der Waals surface area (Å²) >= 11 is 30.0. The van der Waals surface area contributed by atoms with Crippen LogP contribution in [-0.4, -0.2) is 35.0 Å². The summed E-state index contributed by atoms with van der Waals surface area (Å²) in [7, 11) is -3.56. The van der Waals surface area contributed by atoms with Crippen molar-refractivity contribution in [1.82, 2.24) is 25.1 Å². The van der Waals surface area contributed by atoms with Crippen molar-refractivity contribution in [2.45, 2.75) is 23.9 Å². The molecular formula is C10H6Br9N5O2S2. The molecular weight excluding hydrogens is 1010 g/mol. The van der Waals surface area contributed by atoms with E-state index in [0.717, 1.165) is 11.3 Å². The first-order valence-corrected chi connectivity index (χ1v) is 15.8. The van der Waals surface area contributed by atoms with Crippen molar-refractivity contribution < 1.29 is 8.42 Å². The standard InChI is InChI=1S/C6H3Br6N3.C4H3Br3N2O2S2/c1-2-13-3(5(7,8)9)15-4(14-2)6(10,11)12;1-2-8-9-3(12-2)13(10,11)4(5,6)7/h1H3;1H3. The molecule has 0 unspecified atom stereocenters. The smallest absolute Gasteiger partial charge is 0.218 e. The molecule has 2 aromatic rings. The molecule has 0 amide bonds. The van der Waals surface area contributed by atoms with Crippen LogP contribution in [0, 0.1) is 13.8 Å². The van der Waals surface area contributed by atoms with E-state index in [4.69, 9.17) is 0 Å². The molecule has 0 radical (unpaired) electrons. The molecule has 0 aliphatic rings. The van der Waals surface area contributed by atoms with E-state index in [1.165, 1.54) is 0 Å². The number of aryl methyl sites for hydroxylation is 2. The van der Waals surface area contributed by atoms with Gasteiger partial charge in [0, 0.05) is 0 Å². The fourth-order valence-electron chi connectivity index (χ4n) is 1.22. The number of halogens is 9. The van der Waals surface area contributed by atoms with E-state index in [-0.39, 0.29) is 4.34 Å². The SMILES string of the molecule is Cc1nc(C(Br)(Br)Br)nc(C(Br)(Br)Br)n1.Cc1nnc(S(=O)(=O)C(Br)(Br)Br)s1. The summed E-state index contributed by atoms with van der Waals surface area (Å²) in [4.78, 5) is 12.7. The Morgan fingerprint density at radius 3 is 1.46 bits per heavy atom. The molecule has 2 aromatic heterocycles. The summed E-state index contributed by atoms with van der Waals surface area (Å²) < 4.78 is 20.6. The van der Waals surface area contributed by atoms with E-state index in [2.05, 4.69) is 169 Å². The maximum atomic E-state index is 11.6. The zero-order chi connectivity index (χ0) is 22.1. The van der Waals surface area contributed by atoms with E-state index in [1.54, 1.807) is 13.8 Å². The zero-order valence-corrected chi connectivity index (χ0v) is 29.2. The fourth-order valence-corrected chi connectivity index (χ4v) is 6.57. The Morgan fingerprint density at radius 1 is 0.750 bits per heavy atom. The van der Waals surface area contributed by atoms with Gasteiger partial charge in [0.05, 0.1) is 0 Å². The Labute approximate surface area is 240 Å². The summed E-state index contributed by atoms with van der Waals surface area (Å²) in [6, 6.07) is 0. The van der Waals surface area contributed by atoms with Crippen LogP contribution in [0.1, 0.15) is 22.5 Å². The Morgan fingerprint density at radius 2 is 1.18 bits per heavy atom. The minimum atomic E-state index is -3.56. The van der Waals surface area contributed by atoms with Crippen LogP contribution in [0.15, 0.2) is 4.34 Å². The minimum absolute atomic E-state index is 0.0318. The Balaban J connectivity index is 0.000000283. The second-order valence-corrected chi connectivity index (χ2v) is 29.9. The van der Waals surface area contributed by atoms with Crippen molar-refractivity contribution in [2.75, 3.05) is 0 Å². The lowest BCUT2D eigenvalue weighted by Gasteiger charge is -2.15. The van der Waals surface area contributed by atoms with Gasteiger partial charge in [-0.3, -0.25) is 0 Å². The van der Waals surface area contributed by atoms with Crippen LogP contribution >= 0.6 is 155 Å². The first kappa shape index (κ1) is 28.9. The molecule has 0 aliphatic carbocycles. The van der Waals surface area contributed by atoms with Gasteiger partial charge in [-0.2, -0.15) is 0 Å². The minimum Gasteiger partial charge on any atom is -0.218 e. The lowest BCUT2D eigenvalue weighted by molar-refractivity contribution is 0.597. The molecule has 0 saturated carbocycles. The third-order valence-electron chi connectivity index (χ3n) is 2.30. The molecule has 0 spiro atoms. The molecule has 0 N–H and O–H groups in total. The number of sulfone groups is 1. The number of rotatable bonds is 1. The van der Waals surface area contributed by atoms with Crippen LogP contribution in [0.25, 0.3) is 0 Å². The number of hydrogen-bond acceptors (Lipinski definition) is 8. The summed E-state index contributed by atoms with van der Waals surface area (Å²) in [5.41, 5.74) is 0. The number of aromatic nitrogens is 5. The molecule has 0 saturated heterocycles. The predicted molar refractivity (Wildman–Crippen MR) is 143 cm³/mol. The van der Waals surface area contributed by atoms with Crippen LogP contribution in [-0.2, 0) is 14.1 Å². The van der Waals surface area contributed by atoms with Gasteiger partial charge in [-0.1, -0.05) is 107 Å². The first-order valence-electron chi connectivity index (χ1n) is 6.34. The summed E-state index contributed by atoms with van der Waals surface area (Å²) in [5, 5.41) is 7.77. The molecule has 158 valence electrons. The van der Waals surface area contributed by atoms with Gasteiger partial charge >= 0.3 is 0 Å². The number of alkyl halides is 9. The predicted octanol–water partition coefficient (Wildman–Crippen LogP) is 7.19. The van der Waals surface area contributed by atoms with E-state index >= 15 is 0 Å². The highest BCUT2D eigenvalue weighted by molar-refractivity contribution is 9.42. The molecule has 0 aliphatic heterocycles. The van der Waals surface area contributed by atoms with E-state index < -0.39 is 15.6 Å². The maximum Gasteiger partial charge on any atom is 0.243 e. The number of nitrogens with zero attached hydrogens (tertiary/aromatic N) is 5. The monoisotopic (exact) mass is 1000 g/mol. The average Bonchev–Trinajstić information content (AvgIpc) is 2.91. The summed E-state index contributed by atoms with van der Waals surface area (Å²) in [5.74, 6) is 1.70. The lowest BCUT2D eigenvalue weighted by Crippen LogP contribution is -2.17. The van der Waals surface area contributed by atoms with Gasteiger partial charge in [-0.15, -0.1) is 10.2 Å². The van der Waals surface area contributed by atoms with Gasteiger partial charge in [-0.05, 0) is 61.6 Å². The third kappa shape index (κ3) is 8.65. The average molecular weight is 1010 g/mol. The molecule has 28 heavy (non-hydrogen) atoms. The molecule has 0 fully saturated rings. The van der Waals surface area contributed by atoms with Crippen molar-refractivity contribution in [3.05, 3.63) is 22.5 Å². The quantitative estimate of drug-likeness (QED) is 0.280. The second kappa shape index (κ2) is 10.8. The van der Waals surface area contributed by atoms with Gasteiger partial charge in [-0.25, -0.2) is 23.4 Å². The molecule has 0 bridgehead atoms. The highest BCUT2D eigenvalue weighted by Gasteiger charge is 2.40. The summed E-state index contributed by atoms with van der Waals surface area (Å²) in [6.45, 7) is 3.49. The van der Waals surface area contributed by atoms with Gasteiger partial charge in [0.2, 0.25) is 15.7 Å². The largest absolute Gasteiger partial charge is 0.243 e. The number of hydrogen-bond donors (Lipinski definition) is 0. The fraction of sp³-hybridized carbons (Fsp3) is 0.500. The van der Waals surface area contributed by atoms with Crippen LogP contribution in [0.3, 0.4) is 0 Å². The van der Waals surface area contributed by atoms with Gasteiger partial charge in [0.1, 0.15) is 10.8 Å². The topological polar surface area (TPSA) is 98.6 Å². The Hall–Kier alpha value is 2.84. The summed E-state index contributed by atoms with van der Waals surface area (Å²) in [6.07, 6.45) is 0. The molecule has 18 heteroatoms. The molecule has 2 heterocycles. The normalized spacial score (nSPS) is 13.1. The van der Waals surface area contributed by atoms with Gasteiger partial charge in [0.25, 0.3) is 0 Å². The highest BCUT2D eigenvalue weighted by Crippen LogP contribution is 2.46. The second-order valence-electron chi connectivity index (χ2n) is 4.56. The molecule has 2 rings (SSSR count). The Bertz CT molecular complexity index is 902. The molecule has 0 atom stereocenters. The van der Waals surface area contributed by atoms with E-state index in [0.29, 0.717) is 22.5 Å². The van der Waals surface area contributed by atoms with Gasteiger partial charge < -0.3 is 0 Å². The van der Waals surface area contributed by atoms with E-state index in [9.17, 15) is 8.42 Å². The van der Waals surface area contributed by atoms with Crippen LogP contribution in [0.4, 0.5) is 0 Å². The third-order valence-corrected chi connectivity index (χ3v) is 11.0. The molecule has 7 nitrogen and oxygen atoms in total.